The van der Waals surface area contributed by atoms with Crippen molar-refractivity contribution in [2.75, 3.05) is 10.2 Å². The predicted octanol–water partition coefficient (Wildman–Crippen LogP) is 5.35. The van der Waals surface area contributed by atoms with E-state index < -0.39 is 5.91 Å². The van der Waals surface area contributed by atoms with Crippen LogP contribution in [0.4, 0.5) is 11.4 Å². The Morgan fingerprint density at radius 1 is 0.839 bits per heavy atom. The molecule has 3 aromatic rings. The zero-order valence-corrected chi connectivity index (χ0v) is 18.0. The Morgan fingerprint density at radius 2 is 1.48 bits per heavy atom. The number of benzene rings is 3. The topological polar surface area (TPSA) is 66.5 Å². The normalized spacial score (nSPS) is 13.4. The average Bonchev–Trinajstić information content (AvgIpc) is 2.98. The maximum Gasteiger partial charge on any atom is 0.266 e. The first-order valence-electron chi connectivity index (χ1n) is 10.2. The van der Waals surface area contributed by atoms with Gasteiger partial charge in [-0.25, -0.2) is 4.90 Å². The molecule has 0 bridgehead atoms. The first kappa shape index (κ1) is 20.5. The molecule has 0 unspecified atom stereocenters. The highest BCUT2D eigenvalue weighted by atomic mass is 16.2. The van der Waals surface area contributed by atoms with Gasteiger partial charge in [0.25, 0.3) is 17.7 Å². The first-order valence-corrected chi connectivity index (χ1v) is 10.2. The summed E-state index contributed by atoms with van der Waals surface area (Å²) in [5.74, 6) is -1.12. The van der Waals surface area contributed by atoms with Gasteiger partial charge in [0.2, 0.25) is 0 Å². The number of rotatable bonds is 3. The van der Waals surface area contributed by atoms with Crippen molar-refractivity contribution in [2.45, 2.75) is 33.1 Å². The molecular formula is C26H24N2O3. The fourth-order valence-corrected chi connectivity index (χ4v) is 3.86. The number of carbonyl (C=O) groups excluding carboxylic acids is 3. The van der Waals surface area contributed by atoms with Crippen LogP contribution in [0.3, 0.4) is 0 Å². The maximum absolute atomic E-state index is 13.1. The third kappa shape index (κ3) is 3.63. The predicted molar refractivity (Wildman–Crippen MR) is 122 cm³/mol. The summed E-state index contributed by atoms with van der Waals surface area (Å²) in [6.07, 6.45) is 0. The van der Waals surface area contributed by atoms with E-state index in [1.54, 1.807) is 24.3 Å². The molecule has 1 heterocycles. The van der Waals surface area contributed by atoms with E-state index in [1.165, 1.54) is 11.0 Å². The van der Waals surface area contributed by atoms with Crippen LogP contribution in [0.15, 0.2) is 66.7 Å². The Kier molecular flexibility index (Phi) is 4.97. The monoisotopic (exact) mass is 412 g/mol. The highest BCUT2D eigenvalue weighted by Crippen LogP contribution is 2.32. The minimum Gasteiger partial charge on any atom is -0.322 e. The molecule has 31 heavy (non-hydrogen) atoms. The summed E-state index contributed by atoms with van der Waals surface area (Å²) in [5.41, 5.74) is 3.86. The van der Waals surface area contributed by atoms with Crippen LogP contribution in [0.25, 0.3) is 0 Å². The summed E-state index contributed by atoms with van der Waals surface area (Å²) in [6.45, 7) is 8.10. The molecule has 0 aliphatic carbocycles. The second-order valence-electron chi connectivity index (χ2n) is 8.74. The van der Waals surface area contributed by atoms with Gasteiger partial charge in [0.05, 0.1) is 16.8 Å². The molecule has 4 rings (SSSR count). The molecule has 0 saturated carbocycles. The first-order chi connectivity index (χ1) is 14.7. The molecule has 5 heteroatoms. The zero-order chi connectivity index (χ0) is 22.3. The molecule has 0 atom stereocenters. The molecule has 1 aliphatic heterocycles. The molecule has 3 aromatic carbocycles. The zero-order valence-electron chi connectivity index (χ0n) is 18.0. The number of hydrogen-bond acceptors (Lipinski definition) is 3. The molecule has 0 radical (unpaired) electrons. The Morgan fingerprint density at radius 3 is 2.19 bits per heavy atom. The second kappa shape index (κ2) is 7.51. The van der Waals surface area contributed by atoms with Crippen LogP contribution in [0.5, 0.6) is 0 Å². The minimum absolute atomic E-state index is 0.141. The number of imide groups is 1. The van der Waals surface area contributed by atoms with E-state index in [0.717, 1.165) is 16.8 Å². The van der Waals surface area contributed by atoms with Gasteiger partial charge >= 0.3 is 0 Å². The van der Waals surface area contributed by atoms with E-state index in [0.29, 0.717) is 16.8 Å². The number of amides is 3. The van der Waals surface area contributed by atoms with Gasteiger partial charge in [-0.2, -0.15) is 0 Å². The maximum atomic E-state index is 13.1. The van der Waals surface area contributed by atoms with Gasteiger partial charge < -0.3 is 5.32 Å². The van der Waals surface area contributed by atoms with Crippen molar-refractivity contribution in [1.82, 2.24) is 0 Å². The molecule has 0 aromatic heterocycles. The highest BCUT2D eigenvalue weighted by Gasteiger charge is 2.37. The third-order valence-electron chi connectivity index (χ3n) is 5.49. The molecular weight excluding hydrogens is 388 g/mol. The molecule has 156 valence electrons. The van der Waals surface area contributed by atoms with Crippen LogP contribution in [0.2, 0.25) is 0 Å². The number of fused-ring (bicyclic) bond motifs is 1. The fraction of sp³-hybridized carbons (Fsp3) is 0.192. The van der Waals surface area contributed by atoms with Gasteiger partial charge in [-0.3, -0.25) is 14.4 Å². The summed E-state index contributed by atoms with van der Waals surface area (Å²) < 4.78 is 0. The lowest BCUT2D eigenvalue weighted by atomic mass is 9.86. The number of anilines is 2. The summed E-state index contributed by atoms with van der Waals surface area (Å²) in [5, 5.41) is 2.95. The van der Waals surface area contributed by atoms with Crippen molar-refractivity contribution in [3.63, 3.8) is 0 Å². The van der Waals surface area contributed by atoms with Gasteiger partial charge in [0.15, 0.2) is 0 Å². The lowest BCUT2D eigenvalue weighted by Crippen LogP contribution is -2.29. The van der Waals surface area contributed by atoms with Gasteiger partial charge in [0.1, 0.15) is 0 Å². The Hall–Kier alpha value is -3.73. The summed E-state index contributed by atoms with van der Waals surface area (Å²) in [7, 11) is 0. The molecule has 1 N–H and O–H groups in total. The summed E-state index contributed by atoms with van der Waals surface area (Å²) in [4.78, 5) is 40.1. The van der Waals surface area contributed by atoms with Crippen LogP contribution in [-0.4, -0.2) is 17.7 Å². The van der Waals surface area contributed by atoms with E-state index in [4.69, 9.17) is 0 Å². The van der Waals surface area contributed by atoms with Gasteiger partial charge in [0, 0.05) is 11.3 Å². The van der Waals surface area contributed by atoms with Crippen LogP contribution < -0.4 is 10.2 Å². The molecule has 3 amide bonds. The van der Waals surface area contributed by atoms with E-state index in [-0.39, 0.29) is 22.8 Å². The Bertz CT molecular complexity index is 1220. The largest absolute Gasteiger partial charge is 0.322 e. The van der Waals surface area contributed by atoms with E-state index in [9.17, 15) is 14.4 Å². The van der Waals surface area contributed by atoms with Crippen LogP contribution in [0.1, 0.15) is 63.0 Å². The van der Waals surface area contributed by atoms with Crippen molar-refractivity contribution in [3.8, 4) is 0 Å². The second-order valence-corrected chi connectivity index (χ2v) is 8.74. The van der Waals surface area contributed by atoms with Crippen molar-refractivity contribution in [2.24, 2.45) is 0 Å². The third-order valence-corrected chi connectivity index (χ3v) is 5.49. The van der Waals surface area contributed by atoms with Crippen molar-refractivity contribution >= 4 is 29.1 Å². The van der Waals surface area contributed by atoms with Crippen molar-refractivity contribution < 1.29 is 14.4 Å². The minimum atomic E-state index is -0.418. The Labute approximate surface area is 181 Å². The molecule has 5 nitrogen and oxygen atoms in total. The molecule has 1 aliphatic rings. The molecule has 0 fully saturated rings. The van der Waals surface area contributed by atoms with Gasteiger partial charge in [-0.15, -0.1) is 0 Å². The molecule has 0 saturated heterocycles. The molecule has 0 spiro atoms. The van der Waals surface area contributed by atoms with Crippen LogP contribution in [-0.2, 0) is 5.41 Å². The van der Waals surface area contributed by atoms with Crippen LogP contribution in [0, 0.1) is 6.92 Å². The van der Waals surface area contributed by atoms with Gasteiger partial charge in [-0.05, 0) is 53.8 Å². The van der Waals surface area contributed by atoms with Crippen molar-refractivity contribution in [1.29, 1.82) is 0 Å². The van der Waals surface area contributed by atoms with Gasteiger partial charge in [-0.1, -0.05) is 57.2 Å². The quantitative estimate of drug-likeness (QED) is 0.590. The number of para-hydroxylation sites is 2. The fourth-order valence-electron chi connectivity index (χ4n) is 3.86. The summed E-state index contributed by atoms with van der Waals surface area (Å²) >= 11 is 0. The standard InChI is InChI=1S/C26H24N2O3/c1-16-9-5-8-12-22(16)28-24(30)18-14-13-17(15-19(18)25(28)31)23(29)27-21-11-7-6-10-20(21)26(2,3)4/h5-15H,1-4H3,(H,27,29). The average molecular weight is 412 g/mol. The SMILES string of the molecule is Cc1ccccc1N1C(=O)c2ccc(C(=O)Nc3ccccc3C(C)(C)C)cc2C1=O. The van der Waals surface area contributed by atoms with E-state index in [1.807, 2.05) is 43.3 Å². The van der Waals surface area contributed by atoms with Crippen molar-refractivity contribution in [3.05, 3.63) is 94.5 Å². The number of aryl methyl sites for hydroxylation is 1. The number of hydrogen-bond donors (Lipinski definition) is 1. The van der Waals surface area contributed by atoms with E-state index in [2.05, 4.69) is 26.1 Å². The lowest BCUT2D eigenvalue weighted by Gasteiger charge is -2.23. The summed E-state index contributed by atoms with van der Waals surface area (Å²) in [6, 6.07) is 19.5. The van der Waals surface area contributed by atoms with Crippen LogP contribution >= 0.6 is 0 Å². The number of nitrogens with zero attached hydrogens (tertiary/aromatic N) is 1. The van der Waals surface area contributed by atoms with E-state index >= 15 is 0 Å². The lowest BCUT2D eigenvalue weighted by molar-refractivity contribution is 0.0925. The number of nitrogens with one attached hydrogen (secondary N) is 1. The highest BCUT2D eigenvalue weighted by molar-refractivity contribution is 6.35. The Balaban J connectivity index is 1.66. The number of carbonyl (C=O) groups is 3. The smallest absolute Gasteiger partial charge is 0.266 e.